The van der Waals surface area contributed by atoms with Crippen LogP contribution in [0.5, 0.6) is 0 Å². The van der Waals surface area contributed by atoms with Crippen LogP contribution in [0, 0.1) is 6.92 Å². The number of nitrogens with one attached hydrogen (secondary N) is 2. The molecule has 0 aromatic carbocycles. The lowest BCUT2D eigenvalue weighted by molar-refractivity contribution is 0.0182. The summed E-state index contributed by atoms with van der Waals surface area (Å²) in [5.41, 5.74) is 2.89. The Morgan fingerprint density at radius 2 is 2.22 bits per heavy atom. The number of H-pyrrole nitrogens is 1. The van der Waals surface area contributed by atoms with Crippen LogP contribution in [-0.4, -0.2) is 34.1 Å². The SMILES string of the molecule is Cc1cnc2nc(COC3CCNCC3)[nH]c2c1. The van der Waals surface area contributed by atoms with Gasteiger partial charge in [-0.3, -0.25) is 0 Å². The number of aromatic amines is 1. The zero-order chi connectivity index (χ0) is 12.4. The van der Waals surface area contributed by atoms with Crippen LogP contribution in [0.4, 0.5) is 0 Å². The Kier molecular flexibility index (Phi) is 3.25. The van der Waals surface area contributed by atoms with Crippen LogP contribution in [0.1, 0.15) is 24.2 Å². The fourth-order valence-electron chi connectivity index (χ4n) is 2.28. The summed E-state index contributed by atoms with van der Waals surface area (Å²) >= 11 is 0. The molecule has 1 fully saturated rings. The molecule has 0 aliphatic carbocycles. The van der Waals surface area contributed by atoms with Gasteiger partial charge < -0.3 is 15.0 Å². The van der Waals surface area contributed by atoms with Gasteiger partial charge in [0.05, 0.1) is 11.6 Å². The van der Waals surface area contributed by atoms with E-state index < -0.39 is 0 Å². The molecule has 3 rings (SSSR count). The molecule has 1 aliphatic heterocycles. The van der Waals surface area contributed by atoms with Gasteiger partial charge in [-0.1, -0.05) is 0 Å². The van der Waals surface area contributed by atoms with Gasteiger partial charge in [0.15, 0.2) is 5.65 Å². The highest BCUT2D eigenvalue weighted by Gasteiger charge is 2.14. The maximum atomic E-state index is 5.87. The first-order chi connectivity index (χ1) is 8.81. The summed E-state index contributed by atoms with van der Waals surface area (Å²) in [6.45, 7) is 4.66. The van der Waals surface area contributed by atoms with Crippen molar-refractivity contribution in [1.82, 2.24) is 20.3 Å². The molecule has 0 radical (unpaired) electrons. The van der Waals surface area contributed by atoms with E-state index in [-0.39, 0.29) is 0 Å². The van der Waals surface area contributed by atoms with E-state index in [1.807, 2.05) is 13.1 Å². The topological polar surface area (TPSA) is 62.8 Å². The lowest BCUT2D eigenvalue weighted by Crippen LogP contribution is -2.32. The molecule has 2 N–H and O–H groups in total. The minimum absolute atomic E-state index is 0.356. The number of pyridine rings is 1. The zero-order valence-corrected chi connectivity index (χ0v) is 10.6. The van der Waals surface area contributed by atoms with Crippen molar-refractivity contribution in [2.45, 2.75) is 32.5 Å². The fraction of sp³-hybridized carbons (Fsp3) is 0.538. The van der Waals surface area contributed by atoms with Crippen LogP contribution in [0.2, 0.25) is 0 Å². The first kappa shape index (κ1) is 11.6. The van der Waals surface area contributed by atoms with E-state index in [1.165, 1.54) is 0 Å². The second-order valence-electron chi connectivity index (χ2n) is 4.83. The number of ether oxygens (including phenoxy) is 1. The standard InChI is InChI=1S/C13H18N4O/c1-9-6-11-13(15-7-9)17-12(16-11)8-18-10-2-4-14-5-3-10/h6-7,10,14H,2-5,8H2,1H3,(H,15,16,17). The van der Waals surface area contributed by atoms with Crippen molar-refractivity contribution in [3.8, 4) is 0 Å². The summed E-state index contributed by atoms with van der Waals surface area (Å²) < 4.78 is 5.87. The number of nitrogens with zero attached hydrogens (tertiary/aromatic N) is 2. The Morgan fingerprint density at radius 3 is 3.06 bits per heavy atom. The molecule has 2 aromatic heterocycles. The average Bonchev–Trinajstić information content (AvgIpc) is 2.79. The summed E-state index contributed by atoms with van der Waals surface area (Å²) in [6, 6.07) is 2.06. The molecule has 0 atom stereocenters. The van der Waals surface area contributed by atoms with E-state index in [4.69, 9.17) is 4.74 Å². The number of aryl methyl sites for hydroxylation is 1. The van der Waals surface area contributed by atoms with E-state index in [9.17, 15) is 0 Å². The Hall–Kier alpha value is -1.46. The van der Waals surface area contributed by atoms with Crippen LogP contribution in [0.3, 0.4) is 0 Å². The van der Waals surface area contributed by atoms with Crippen LogP contribution in [0.15, 0.2) is 12.3 Å². The normalized spacial score (nSPS) is 17.4. The second-order valence-corrected chi connectivity index (χ2v) is 4.83. The minimum Gasteiger partial charge on any atom is -0.370 e. The molecule has 5 nitrogen and oxygen atoms in total. The maximum absolute atomic E-state index is 5.87. The third kappa shape index (κ3) is 2.52. The minimum atomic E-state index is 0.356. The van der Waals surface area contributed by atoms with Crippen molar-refractivity contribution in [3.05, 3.63) is 23.7 Å². The molecule has 1 saturated heterocycles. The van der Waals surface area contributed by atoms with E-state index in [2.05, 4.69) is 26.3 Å². The van der Waals surface area contributed by atoms with Crippen molar-refractivity contribution in [2.75, 3.05) is 13.1 Å². The third-order valence-corrected chi connectivity index (χ3v) is 3.27. The summed E-state index contributed by atoms with van der Waals surface area (Å²) in [6.07, 6.45) is 4.35. The predicted octanol–water partition coefficient (Wildman–Crippen LogP) is 1.53. The quantitative estimate of drug-likeness (QED) is 0.862. The number of fused-ring (bicyclic) bond motifs is 1. The number of hydrogen-bond donors (Lipinski definition) is 2. The summed E-state index contributed by atoms with van der Waals surface area (Å²) in [7, 11) is 0. The molecule has 0 amide bonds. The van der Waals surface area contributed by atoms with Gasteiger partial charge in [-0.2, -0.15) is 0 Å². The molecule has 96 valence electrons. The molecule has 18 heavy (non-hydrogen) atoms. The van der Waals surface area contributed by atoms with Gasteiger partial charge >= 0.3 is 0 Å². The van der Waals surface area contributed by atoms with Crippen molar-refractivity contribution in [1.29, 1.82) is 0 Å². The molecule has 2 aromatic rings. The highest BCUT2D eigenvalue weighted by atomic mass is 16.5. The third-order valence-electron chi connectivity index (χ3n) is 3.27. The summed E-state index contributed by atoms with van der Waals surface area (Å²) in [5, 5.41) is 3.33. The van der Waals surface area contributed by atoms with E-state index in [0.717, 1.165) is 48.5 Å². The van der Waals surface area contributed by atoms with E-state index >= 15 is 0 Å². The zero-order valence-electron chi connectivity index (χ0n) is 10.6. The van der Waals surface area contributed by atoms with Crippen molar-refractivity contribution in [3.63, 3.8) is 0 Å². The maximum Gasteiger partial charge on any atom is 0.177 e. The summed E-state index contributed by atoms with van der Waals surface area (Å²) in [5.74, 6) is 0.863. The smallest absolute Gasteiger partial charge is 0.177 e. The first-order valence-corrected chi connectivity index (χ1v) is 6.45. The van der Waals surface area contributed by atoms with Crippen LogP contribution in [-0.2, 0) is 11.3 Å². The van der Waals surface area contributed by atoms with Gasteiger partial charge in [-0.25, -0.2) is 9.97 Å². The lowest BCUT2D eigenvalue weighted by Gasteiger charge is -2.22. The lowest BCUT2D eigenvalue weighted by atomic mass is 10.1. The van der Waals surface area contributed by atoms with Crippen molar-refractivity contribution < 1.29 is 4.74 Å². The number of imidazole rings is 1. The highest BCUT2D eigenvalue weighted by molar-refractivity contribution is 5.70. The Morgan fingerprint density at radius 1 is 1.39 bits per heavy atom. The molecule has 0 spiro atoms. The fourth-order valence-corrected chi connectivity index (χ4v) is 2.28. The average molecular weight is 246 g/mol. The molecule has 0 unspecified atom stereocenters. The number of rotatable bonds is 3. The van der Waals surface area contributed by atoms with E-state index in [0.29, 0.717) is 12.7 Å². The van der Waals surface area contributed by atoms with Crippen molar-refractivity contribution in [2.24, 2.45) is 0 Å². The van der Waals surface area contributed by atoms with Crippen LogP contribution < -0.4 is 5.32 Å². The van der Waals surface area contributed by atoms with Gasteiger partial charge in [0, 0.05) is 6.20 Å². The van der Waals surface area contributed by atoms with Gasteiger partial charge in [0.25, 0.3) is 0 Å². The molecular formula is C13H18N4O. The van der Waals surface area contributed by atoms with Crippen LogP contribution in [0.25, 0.3) is 11.2 Å². The molecule has 1 aliphatic rings. The largest absolute Gasteiger partial charge is 0.370 e. The van der Waals surface area contributed by atoms with Gasteiger partial charge in [0.1, 0.15) is 12.4 Å². The number of hydrogen-bond acceptors (Lipinski definition) is 4. The number of piperidine rings is 1. The Balaban J connectivity index is 1.67. The summed E-state index contributed by atoms with van der Waals surface area (Å²) in [4.78, 5) is 12.0. The van der Waals surface area contributed by atoms with Crippen LogP contribution >= 0.6 is 0 Å². The van der Waals surface area contributed by atoms with Gasteiger partial charge in [-0.15, -0.1) is 0 Å². The molecule has 0 bridgehead atoms. The molecule has 5 heteroatoms. The van der Waals surface area contributed by atoms with Gasteiger partial charge in [0.2, 0.25) is 0 Å². The number of aromatic nitrogens is 3. The predicted molar refractivity (Wildman–Crippen MR) is 69.3 cm³/mol. The second kappa shape index (κ2) is 5.04. The van der Waals surface area contributed by atoms with Crippen molar-refractivity contribution >= 4 is 11.2 Å². The molecule has 3 heterocycles. The van der Waals surface area contributed by atoms with E-state index in [1.54, 1.807) is 0 Å². The molecular weight excluding hydrogens is 228 g/mol. The molecule has 0 saturated carbocycles. The monoisotopic (exact) mass is 246 g/mol. The highest BCUT2D eigenvalue weighted by Crippen LogP contribution is 2.13. The Bertz CT molecular complexity index is 531. The van der Waals surface area contributed by atoms with Gasteiger partial charge in [-0.05, 0) is 44.5 Å². The first-order valence-electron chi connectivity index (χ1n) is 6.45. The Labute approximate surface area is 106 Å².